The summed E-state index contributed by atoms with van der Waals surface area (Å²) in [7, 11) is 2.05. The van der Waals surface area contributed by atoms with Crippen LogP contribution in [0.2, 0.25) is 0 Å². The molecule has 0 N–H and O–H groups in total. The summed E-state index contributed by atoms with van der Waals surface area (Å²) in [5, 5.41) is 0. The van der Waals surface area contributed by atoms with Crippen molar-refractivity contribution in [2.24, 2.45) is 7.05 Å². The van der Waals surface area contributed by atoms with Crippen LogP contribution in [0.15, 0.2) is 18.2 Å². The Bertz CT molecular complexity index is 428. The highest BCUT2D eigenvalue weighted by atomic mass is 15.0. The fourth-order valence-corrected chi connectivity index (χ4v) is 1.42. The van der Waals surface area contributed by atoms with Crippen LogP contribution < -0.4 is 0 Å². The zero-order valence-corrected chi connectivity index (χ0v) is 15.6. The van der Waals surface area contributed by atoms with E-state index in [4.69, 9.17) is 0 Å². The Kier molecular flexibility index (Phi) is 18.7. The molecule has 0 bridgehead atoms. The first-order valence-corrected chi connectivity index (χ1v) is 8.08. The van der Waals surface area contributed by atoms with E-state index in [0.717, 1.165) is 11.3 Å². The molecule has 2 rings (SSSR count). The van der Waals surface area contributed by atoms with Crippen LogP contribution in [0.1, 0.15) is 66.8 Å². The largest absolute Gasteiger partial charge is 0.331 e. The zero-order valence-electron chi connectivity index (χ0n) is 15.6. The molecule has 0 amide bonds. The molecule has 0 radical (unpaired) electrons. The molecule has 1 aromatic carbocycles. The molecule has 2 heteroatoms. The summed E-state index contributed by atoms with van der Waals surface area (Å²) in [6, 6.07) is 6.32. The summed E-state index contributed by atoms with van der Waals surface area (Å²) in [5.74, 6) is 1.07. The minimum absolute atomic E-state index is 1.07. The van der Waals surface area contributed by atoms with Crippen LogP contribution in [-0.4, -0.2) is 9.55 Å². The summed E-state index contributed by atoms with van der Waals surface area (Å²) < 4.78 is 2.11. The van der Waals surface area contributed by atoms with Crippen molar-refractivity contribution in [3.8, 4) is 0 Å². The van der Waals surface area contributed by atoms with Gasteiger partial charge in [0.25, 0.3) is 0 Å². The van der Waals surface area contributed by atoms with E-state index >= 15 is 0 Å². The second-order valence-electron chi connectivity index (χ2n) is 3.21. The molecule has 0 saturated heterocycles. The van der Waals surface area contributed by atoms with Gasteiger partial charge in [0.2, 0.25) is 0 Å². The van der Waals surface area contributed by atoms with E-state index in [9.17, 15) is 0 Å². The van der Waals surface area contributed by atoms with Crippen molar-refractivity contribution in [1.29, 1.82) is 0 Å². The lowest BCUT2D eigenvalue weighted by Crippen LogP contribution is -1.89. The molecule has 0 fully saturated rings. The molecular weight excluding hydrogens is 244 g/mol. The molecule has 118 valence electrons. The van der Waals surface area contributed by atoms with Crippen molar-refractivity contribution < 1.29 is 0 Å². The highest BCUT2D eigenvalue weighted by molar-refractivity contribution is 5.76. The first kappa shape index (κ1) is 23.8. The molecule has 0 saturated carbocycles. The Balaban J connectivity index is -0.000000314. The lowest BCUT2D eigenvalue weighted by atomic mass is 10.2. The molecule has 0 unspecified atom stereocenters. The number of hydrogen-bond donors (Lipinski definition) is 0. The van der Waals surface area contributed by atoms with Crippen molar-refractivity contribution in [1.82, 2.24) is 9.55 Å². The van der Waals surface area contributed by atoms with Crippen LogP contribution in [0, 0.1) is 13.8 Å². The van der Waals surface area contributed by atoms with Gasteiger partial charge in [-0.1, -0.05) is 61.5 Å². The molecular formula is C18H36N2. The monoisotopic (exact) mass is 280 g/mol. The van der Waals surface area contributed by atoms with Crippen LogP contribution >= 0.6 is 0 Å². The van der Waals surface area contributed by atoms with E-state index in [1.165, 1.54) is 11.1 Å². The minimum Gasteiger partial charge on any atom is -0.331 e. The molecule has 0 aliphatic rings. The van der Waals surface area contributed by atoms with Crippen LogP contribution in [0.3, 0.4) is 0 Å². The van der Waals surface area contributed by atoms with Gasteiger partial charge in [-0.25, -0.2) is 4.98 Å². The maximum absolute atomic E-state index is 4.42. The van der Waals surface area contributed by atoms with Crippen molar-refractivity contribution in [3.05, 3.63) is 29.6 Å². The fraction of sp³-hybridized carbons (Fsp3) is 0.611. The van der Waals surface area contributed by atoms with E-state index in [2.05, 4.69) is 34.7 Å². The minimum atomic E-state index is 1.07. The summed E-state index contributed by atoms with van der Waals surface area (Å²) in [6.45, 7) is 20.1. The number of imidazole rings is 1. The molecule has 2 aromatic rings. The third kappa shape index (κ3) is 7.32. The number of rotatable bonds is 0. The first-order valence-electron chi connectivity index (χ1n) is 8.08. The van der Waals surface area contributed by atoms with Gasteiger partial charge in [-0.2, -0.15) is 0 Å². The van der Waals surface area contributed by atoms with Crippen LogP contribution in [0.4, 0.5) is 0 Å². The normalized spacial score (nSPS) is 7.75. The molecule has 1 aromatic heterocycles. The van der Waals surface area contributed by atoms with Crippen molar-refractivity contribution in [3.63, 3.8) is 0 Å². The summed E-state index contributed by atoms with van der Waals surface area (Å²) in [5.41, 5.74) is 3.58. The Hall–Kier alpha value is -1.31. The lowest BCUT2D eigenvalue weighted by Gasteiger charge is -1.96. The predicted octanol–water partition coefficient (Wildman–Crippen LogP) is 6.29. The third-order valence-corrected chi connectivity index (χ3v) is 2.26. The number of hydrogen-bond acceptors (Lipinski definition) is 1. The van der Waals surface area contributed by atoms with Crippen molar-refractivity contribution in [2.45, 2.75) is 69.2 Å². The van der Waals surface area contributed by atoms with Gasteiger partial charge in [-0.3, -0.25) is 0 Å². The fourth-order valence-electron chi connectivity index (χ4n) is 1.42. The quantitative estimate of drug-likeness (QED) is 0.554. The second-order valence-corrected chi connectivity index (χ2v) is 3.21. The van der Waals surface area contributed by atoms with Crippen LogP contribution in [0.5, 0.6) is 0 Å². The van der Waals surface area contributed by atoms with Crippen LogP contribution in [-0.2, 0) is 7.05 Å². The van der Waals surface area contributed by atoms with E-state index in [1.54, 1.807) is 0 Å². The standard InChI is InChI=1S/C10H12N2.4C2H6/c1-7-4-5-9-10(6-7)12(3)8(2)11-9;4*1-2/h4-6H,1-3H3;4*1-2H3. The molecule has 1 heterocycles. The summed E-state index contributed by atoms with van der Waals surface area (Å²) in [6.07, 6.45) is 0. The highest BCUT2D eigenvalue weighted by Crippen LogP contribution is 2.15. The van der Waals surface area contributed by atoms with Crippen LogP contribution in [0.25, 0.3) is 11.0 Å². The molecule has 0 aliphatic heterocycles. The van der Waals surface area contributed by atoms with E-state index < -0.39 is 0 Å². The van der Waals surface area contributed by atoms with Gasteiger partial charge in [0.1, 0.15) is 5.82 Å². The summed E-state index contributed by atoms with van der Waals surface area (Å²) in [4.78, 5) is 4.42. The lowest BCUT2D eigenvalue weighted by molar-refractivity contribution is 0.885. The van der Waals surface area contributed by atoms with Gasteiger partial charge in [-0.05, 0) is 31.5 Å². The number of aromatic nitrogens is 2. The zero-order chi connectivity index (χ0) is 16.7. The highest BCUT2D eigenvalue weighted by Gasteiger charge is 2.02. The number of aryl methyl sites for hydroxylation is 3. The van der Waals surface area contributed by atoms with Gasteiger partial charge in [0.15, 0.2) is 0 Å². The summed E-state index contributed by atoms with van der Waals surface area (Å²) >= 11 is 0. The Morgan fingerprint density at radius 1 is 0.800 bits per heavy atom. The second kappa shape index (κ2) is 15.7. The van der Waals surface area contributed by atoms with Crippen molar-refractivity contribution in [2.75, 3.05) is 0 Å². The Labute approximate surface area is 127 Å². The Morgan fingerprint density at radius 2 is 1.25 bits per heavy atom. The Morgan fingerprint density at radius 3 is 1.70 bits per heavy atom. The van der Waals surface area contributed by atoms with Gasteiger partial charge in [0, 0.05) is 7.05 Å². The molecule has 2 nitrogen and oxygen atoms in total. The number of nitrogens with zero attached hydrogens (tertiary/aromatic N) is 2. The molecule has 20 heavy (non-hydrogen) atoms. The molecule has 0 aliphatic carbocycles. The molecule has 0 spiro atoms. The smallest absolute Gasteiger partial charge is 0.106 e. The van der Waals surface area contributed by atoms with Gasteiger partial charge in [0.05, 0.1) is 11.0 Å². The number of benzene rings is 1. The average molecular weight is 280 g/mol. The van der Waals surface area contributed by atoms with Crippen molar-refractivity contribution >= 4 is 11.0 Å². The van der Waals surface area contributed by atoms with E-state index in [1.807, 2.05) is 69.4 Å². The maximum Gasteiger partial charge on any atom is 0.106 e. The third-order valence-electron chi connectivity index (χ3n) is 2.26. The first-order chi connectivity index (χ1) is 9.68. The SMILES string of the molecule is CC.CC.CC.CC.Cc1ccc2nc(C)n(C)c2c1. The van der Waals surface area contributed by atoms with E-state index in [0.29, 0.717) is 0 Å². The average Bonchev–Trinajstić information content (AvgIpc) is 2.82. The van der Waals surface area contributed by atoms with Gasteiger partial charge >= 0.3 is 0 Å². The van der Waals surface area contributed by atoms with Gasteiger partial charge < -0.3 is 4.57 Å². The molecule has 0 atom stereocenters. The maximum atomic E-state index is 4.42. The van der Waals surface area contributed by atoms with E-state index in [-0.39, 0.29) is 0 Å². The number of fused-ring (bicyclic) bond motifs is 1. The van der Waals surface area contributed by atoms with Gasteiger partial charge in [-0.15, -0.1) is 0 Å². The topological polar surface area (TPSA) is 17.8 Å². The predicted molar refractivity (Wildman–Crippen MR) is 95.6 cm³/mol.